The molecule has 0 radical (unpaired) electrons. The number of carbonyl (C=O) groups excluding carboxylic acids is 1. The standard InChI is InChI=1S/C17H22N2O4/c1-12(20)13-4-5-15(16(10-13)19(21)22)18-14-6-9-23-17(11-14)7-2-3-8-17/h4-5,10,14,18H,2-3,6-9,11H2,1H3. The molecule has 6 heteroatoms. The first-order valence-corrected chi connectivity index (χ1v) is 8.19. The number of carbonyl (C=O) groups is 1. The minimum atomic E-state index is -0.431. The Morgan fingerprint density at radius 3 is 2.78 bits per heavy atom. The Kier molecular flexibility index (Phi) is 4.35. The summed E-state index contributed by atoms with van der Waals surface area (Å²) in [6.45, 7) is 2.10. The van der Waals surface area contributed by atoms with Crippen LogP contribution in [0.15, 0.2) is 18.2 Å². The number of hydrogen-bond acceptors (Lipinski definition) is 5. The fraction of sp³-hybridized carbons (Fsp3) is 0.588. The third-order valence-corrected chi connectivity index (χ3v) is 4.97. The Morgan fingerprint density at radius 2 is 2.13 bits per heavy atom. The van der Waals surface area contributed by atoms with E-state index in [0.717, 1.165) is 25.7 Å². The van der Waals surface area contributed by atoms with Crippen molar-refractivity contribution in [1.29, 1.82) is 0 Å². The minimum Gasteiger partial charge on any atom is -0.377 e. The van der Waals surface area contributed by atoms with Crippen molar-refractivity contribution < 1.29 is 14.5 Å². The van der Waals surface area contributed by atoms with Gasteiger partial charge in [0.2, 0.25) is 0 Å². The lowest BCUT2D eigenvalue weighted by molar-refractivity contribution is -0.384. The van der Waals surface area contributed by atoms with Crippen LogP contribution in [0.2, 0.25) is 0 Å². The maximum Gasteiger partial charge on any atom is 0.293 e. The fourth-order valence-corrected chi connectivity index (χ4v) is 3.76. The van der Waals surface area contributed by atoms with Crippen LogP contribution in [-0.4, -0.2) is 29.0 Å². The van der Waals surface area contributed by atoms with Crippen molar-refractivity contribution >= 4 is 17.2 Å². The summed E-state index contributed by atoms with van der Waals surface area (Å²) >= 11 is 0. The SMILES string of the molecule is CC(=O)c1ccc(NC2CCOC3(CCCC3)C2)c([N+](=O)[O-])c1. The van der Waals surface area contributed by atoms with Gasteiger partial charge in [-0.1, -0.05) is 12.8 Å². The number of ether oxygens (including phenoxy) is 1. The Labute approximate surface area is 135 Å². The highest BCUT2D eigenvalue weighted by Gasteiger charge is 2.40. The Balaban J connectivity index is 1.79. The van der Waals surface area contributed by atoms with Crippen molar-refractivity contribution in [2.75, 3.05) is 11.9 Å². The molecule has 1 spiro atoms. The van der Waals surface area contributed by atoms with Crippen LogP contribution in [-0.2, 0) is 4.74 Å². The number of rotatable bonds is 4. The Bertz CT molecular complexity index is 623. The quantitative estimate of drug-likeness (QED) is 0.520. The van der Waals surface area contributed by atoms with Crippen LogP contribution in [0.3, 0.4) is 0 Å². The molecule has 1 unspecified atom stereocenters. The molecule has 1 saturated heterocycles. The van der Waals surface area contributed by atoms with Crippen LogP contribution in [0, 0.1) is 10.1 Å². The highest BCUT2D eigenvalue weighted by atomic mass is 16.6. The van der Waals surface area contributed by atoms with Gasteiger partial charge in [0.25, 0.3) is 5.69 Å². The largest absolute Gasteiger partial charge is 0.377 e. The molecule has 0 bridgehead atoms. The fourth-order valence-electron chi connectivity index (χ4n) is 3.76. The van der Waals surface area contributed by atoms with Gasteiger partial charge in [0.1, 0.15) is 5.69 Å². The number of nitro benzene ring substituents is 1. The molecule has 1 saturated carbocycles. The third-order valence-electron chi connectivity index (χ3n) is 4.97. The number of Topliss-reactive ketones (excluding diaryl/α,β-unsaturated/α-hetero) is 1. The zero-order valence-corrected chi connectivity index (χ0v) is 13.3. The van der Waals surface area contributed by atoms with Crippen molar-refractivity contribution in [2.24, 2.45) is 0 Å². The van der Waals surface area contributed by atoms with Crippen molar-refractivity contribution in [1.82, 2.24) is 0 Å². The monoisotopic (exact) mass is 318 g/mol. The first-order chi connectivity index (χ1) is 11.0. The molecule has 0 amide bonds. The van der Waals surface area contributed by atoms with Crippen LogP contribution in [0.5, 0.6) is 0 Å². The Morgan fingerprint density at radius 1 is 1.39 bits per heavy atom. The molecular formula is C17H22N2O4. The predicted octanol–water partition coefficient (Wildman–Crippen LogP) is 3.70. The number of nitro groups is 1. The molecule has 1 aliphatic heterocycles. The van der Waals surface area contributed by atoms with Gasteiger partial charge in [0.15, 0.2) is 5.78 Å². The van der Waals surface area contributed by atoms with Gasteiger partial charge in [-0.2, -0.15) is 0 Å². The molecule has 1 heterocycles. The van der Waals surface area contributed by atoms with Crippen LogP contribution in [0.25, 0.3) is 0 Å². The van der Waals surface area contributed by atoms with Crippen LogP contribution < -0.4 is 5.32 Å². The van der Waals surface area contributed by atoms with E-state index in [0.29, 0.717) is 17.9 Å². The summed E-state index contributed by atoms with van der Waals surface area (Å²) in [5.74, 6) is -0.171. The molecule has 2 aliphatic rings. The minimum absolute atomic E-state index is 0.0373. The summed E-state index contributed by atoms with van der Waals surface area (Å²) < 4.78 is 6.00. The van der Waals surface area contributed by atoms with Crippen molar-refractivity contribution in [3.05, 3.63) is 33.9 Å². The molecule has 23 heavy (non-hydrogen) atoms. The number of benzene rings is 1. The van der Waals surface area contributed by atoms with Gasteiger partial charge in [0.05, 0.1) is 10.5 Å². The number of nitrogens with zero attached hydrogens (tertiary/aromatic N) is 1. The van der Waals surface area contributed by atoms with Crippen LogP contribution in [0.1, 0.15) is 55.8 Å². The summed E-state index contributed by atoms with van der Waals surface area (Å²) in [6.07, 6.45) is 6.28. The first-order valence-electron chi connectivity index (χ1n) is 8.19. The maximum absolute atomic E-state index is 11.4. The van der Waals surface area contributed by atoms with Gasteiger partial charge in [-0.3, -0.25) is 14.9 Å². The highest BCUT2D eigenvalue weighted by molar-refractivity contribution is 5.95. The number of anilines is 1. The summed E-state index contributed by atoms with van der Waals surface area (Å²) in [5, 5.41) is 14.6. The molecule has 124 valence electrons. The normalized spacial score (nSPS) is 22.9. The van der Waals surface area contributed by atoms with E-state index in [-0.39, 0.29) is 23.1 Å². The summed E-state index contributed by atoms with van der Waals surface area (Å²) in [5.41, 5.74) is 0.774. The lowest BCUT2D eigenvalue weighted by Crippen LogP contribution is -2.42. The van der Waals surface area contributed by atoms with Gasteiger partial charge in [-0.15, -0.1) is 0 Å². The summed E-state index contributed by atoms with van der Waals surface area (Å²) in [6, 6.07) is 4.81. The van der Waals surface area contributed by atoms with Crippen LogP contribution >= 0.6 is 0 Å². The molecule has 1 aromatic rings. The van der Waals surface area contributed by atoms with E-state index in [2.05, 4.69) is 5.32 Å². The number of nitrogens with one attached hydrogen (secondary N) is 1. The predicted molar refractivity (Wildman–Crippen MR) is 86.9 cm³/mol. The molecule has 1 aliphatic carbocycles. The topological polar surface area (TPSA) is 81.5 Å². The molecule has 6 nitrogen and oxygen atoms in total. The van der Waals surface area contributed by atoms with E-state index in [1.807, 2.05) is 0 Å². The van der Waals surface area contributed by atoms with Gasteiger partial charge in [-0.25, -0.2) is 0 Å². The molecule has 2 fully saturated rings. The van der Waals surface area contributed by atoms with E-state index >= 15 is 0 Å². The van der Waals surface area contributed by atoms with E-state index < -0.39 is 4.92 Å². The van der Waals surface area contributed by atoms with E-state index in [4.69, 9.17) is 4.74 Å². The van der Waals surface area contributed by atoms with Gasteiger partial charge < -0.3 is 10.1 Å². The van der Waals surface area contributed by atoms with Crippen molar-refractivity contribution in [2.45, 2.75) is 57.1 Å². The average Bonchev–Trinajstić information content (AvgIpc) is 2.95. The Hall–Kier alpha value is -1.95. The van der Waals surface area contributed by atoms with Crippen molar-refractivity contribution in [3.63, 3.8) is 0 Å². The molecule has 3 rings (SSSR count). The smallest absolute Gasteiger partial charge is 0.293 e. The van der Waals surface area contributed by atoms with E-state index in [1.165, 1.54) is 25.8 Å². The van der Waals surface area contributed by atoms with Gasteiger partial charge in [-0.05, 0) is 44.7 Å². The lowest BCUT2D eigenvalue weighted by atomic mass is 9.88. The van der Waals surface area contributed by atoms with E-state index in [9.17, 15) is 14.9 Å². The summed E-state index contributed by atoms with van der Waals surface area (Å²) in [4.78, 5) is 22.3. The second kappa shape index (κ2) is 6.28. The number of ketones is 1. The molecule has 0 aromatic heterocycles. The first kappa shape index (κ1) is 15.9. The van der Waals surface area contributed by atoms with E-state index in [1.54, 1.807) is 12.1 Å². The highest BCUT2D eigenvalue weighted by Crippen LogP contribution is 2.41. The molecular weight excluding hydrogens is 296 g/mol. The average molecular weight is 318 g/mol. The van der Waals surface area contributed by atoms with Crippen LogP contribution in [0.4, 0.5) is 11.4 Å². The van der Waals surface area contributed by atoms with Gasteiger partial charge >= 0.3 is 0 Å². The zero-order chi connectivity index (χ0) is 16.4. The second-order valence-electron chi connectivity index (χ2n) is 6.62. The number of hydrogen-bond donors (Lipinski definition) is 1. The molecule has 1 atom stereocenters. The van der Waals surface area contributed by atoms with Crippen molar-refractivity contribution in [3.8, 4) is 0 Å². The molecule has 1 aromatic carbocycles. The zero-order valence-electron chi connectivity index (χ0n) is 13.3. The second-order valence-corrected chi connectivity index (χ2v) is 6.62. The van der Waals surface area contributed by atoms with Gasteiger partial charge in [0, 0.05) is 24.3 Å². The lowest BCUT2D eigenvalue weighted by Gasteiger charge is -2.38. The summed E-state index contributed by atoms with van der Waals surface area (Å²) in [7, 11) is 0. The third kappa shape index (κ3) is 3.37. The molecule has 1 N–H and O–H groups in total. The maximum atomic E-state index is 11.4.